The van der Waals surface area contributed by atoms with Gasteiger partial charge < -0.3 is 5.32 Å². The molecule has 1 aromatic rings. The predicted octanol–water partition coefficient (Wildman–Crippen LogP) is 3.50. The summed E-state index contributed by atoms with van der Waals surface area (Å²) in [4.78, 5) is 0. The average Bonchev–Trinajstić information content (AvgIpc) is 2.50. The van der Waals surface area contributed by atoms with Crippen molar-refractivity contribution in [1.82, 2.24) is 5.32 Å². The molecular formula is C17H29NO2S. The summed E-state index contributed by atoms with van der Waals surface area (Å²) in [7, 11) is -3.07. The molecule has 2 atom stereocenters. The first kappa shape index (κ1) is 18.2. The van der Waals surface area contributed by atoms with Crippen LogP contribution in [0.5, 0.6) is 0 Å². The largest absolute Gasteiger partial charge is 0.309 e. The first-order valence-corrected chi connectivity index (χ1v) is 9.71. The minimum Gasteiger partial charge on any atom is -0.309 e. The molecule has 1 N–H and O–H groups in total. The lowest BCUT2D eigenvalue weighted by atomic mass is 10.0. The van der Waals surface area contributed by atoms with Gasteiger partial charge >= 0.3 is 0 Å². The van der Waals surface area contributed by atoms with Gasteiger partial charge in [-0.3, -0.25) is 0 Å². The zero-order chi connectivity index (χ0) is 15.9. The molecule has 3 nitrogen and oxygen atoms in total. The summed E-state index contributed by atoms with van der Waals surface area (Å²) in [5, 5.41) is 2.93. The number of rotatable bonds is 9. The minimum atomic E-state index is -3.07. The minimum absolute atomic E-state index is 0.136. The van der Waals surface area contributed by atoms with Crippen LogP contribution in [0.25, 0.3) is 0 Å². The van der Waals surface area contributed by atoms with Gasteiger partial charge in [0.05, 0.1) is 11.0 Å². The summed E-state index contributed by atoms with van der Waals surface area (Å²) in [5.41, 5.74) is 2.33. The smallest absolute Gasteiger partial charge is 0.154 e. The third kappa shape index (κ3) is 5.11. The van der Waals surface area contributed by atoms with Crippen molar-refractivity contribution in [3.63, 3.8) is 0 Å². The normalized spacial score (nSPS) is 14.9. The second kappa shape index (κ2) is 8.54. The molecule has 0 aliphatic carbocycles. The highest BCUT2D eigenvalue weighted by molar-refractivity contribution is 7.92. The molecule has 0 heterocycles. The fourth-order valence-electron chi connectivity index (χ4n) is 2.47. The third-order valence-corrected chi connectivity index (χ3v) is 6.25. The number of sulfone groups is 1. The molecule has 1 aromatic carbocycles. The van der Waals surface area contributed by atoms with E-state index in [0.717, 1.165) is 31.4 Å². The molecule has 0 spiro atoms. The first-order chi connectivity index (χ1) is 9.96. The number of benzene rings is 1. The standard InChI is InChI=1S/C17H29NO2S/c1-5-8-13-21(19,20)14(4)17(18-7-3)16-11-9-15(6-2)10-12-16/h9-12,14,17-18H,5-8,13H2,1-4H3. The number of nitrogens with one attached hydrogen (secondary N) is 1. The third-order valence-electron chi connectivity index (χ3n) is 3.99. The van der Waals surface area contributed by atoms with Gasteiger partial charge in [0.15, 0.2) is 9.84 Å². The van der Waals surface area contributed by atoms with Crippen molar-refractivity contribution >= 4 is 9.84 Å². The van der Waals surface area contributed by atoms with Crippen LogP contribution in [0, 0.1) is 0 Å². The molecule has 0 radical (unpaired) electrons. The van der Waals surface area contributed by atoms with E-state index in [0.29, 0.717) is 0 Å². The highest BCUT2D eigenvalue weighted by atomic mass is 32.2. The van der Waals surface area contributed by atoms with E-state index in [9.17, 15) is 8.42 Å². The monoisotopic (exact) mass is 311 g/mol. The van der Waals surface area contributed by atoms with Crippen molar-refractivity contribution in [3.8, 4) is 0 Å². The van der Waals surface area contributed by atoms with Gasteiger partial charge in [0.25, 0.3) is 0 Å². The van der Waals surface area contributed by atoms with E-state index in [1.165, 1.54) is 5.56 Å². The first-order valence-electron chi connectivity index (χ1n) is 8.00. The van der Waals surface area contributed by atoms with Gasteiger partial charge in [-0.2, -0.15) is 0 Å². The summed E-state index contributed by atoms with van der Waals surface area (Å²) in [6, 6.07) is 8.15. The molecule has 0 bridgehead atoms. The highest BCUT2D eigenvalue weighted by Gasteiger charge is 2.29. The lowest BCUT2D eigenvalue weighted by molar-refractivity contribution is 0.508. The van der Waals surface area contributed by atoms with E-state index in [1.807, 2.05) is 20.8 Å². The topological polar surface area (TPSA) is 46.2 Å². The van der Waals surface area contributed by atoms with Crippen LogP contribution >= 0.6 is 0 Å². The maximum absolute atomic E-state index is 12.5. The van der Waals surface area contributed by atoms with E-state index in [4.69, 9.17) is 0 Å². The second-order valence-electron chi connectivity index (χ2n) is 5.56. The van der Waals surface area contributed by atoms with E-state index in [1.54, 1.807) is 0 Å². The fourth-order valence-corrected chi connectivity index (χ4v) is 4.21. The van der Waals surface area contributed by atoms with Crippen LogP contribution in [0.4, 0.5) is 0 Å². The van der Waals surface area contributed by atoms with Gasteiger partial charge in [0, 0.05) is 6.04 Å². The van der Waals surface area contributed by atoms with Gasteiger partial charge in [-0.05, 0) is 37.4 Å². The predicted molar refractivity (Wildman–Crippen MR) is 90.4 cm³/mol. The average molecular weight is 311 g/mol. The van der Waals surface area contributed by atoms with E-state index >= 15 is 0 Å². The molecule has 0 fully saturated rings. The Hall–Kier alpha value is -0.870. The lowest BCUT2D eigenvalue weighted by Gasteiger charge is -2.25. The lowest BCUT2D eigenvalue weighted by Crippen LogP contribution is -2.36. The Balaban J connectivity index is 2.98. The van der Waals surface area contributed by atoms with E-state index in [-0.39, 0.29) is 11.8 Å². The molecule has 2 unspecified atom stereocenters. The molecule has 0 saturated carbocycles. The van der Waals surface area contributed by atoms with Crippen LogP contribution in [-0.2, 0) is 16.3 Å². The maximum Gasteiger partial charge on any atom is 0.154 e. The number of unbranched alkanes of at least 4 members (excludes halogenated alkanes) is 1. The molecule has 1 rings (SSSR count). The molecule has 0 amide bonds. The summed E-state index contributed by atoms with van der Waals surface area (Å²) < 4.78 is 24.9. The Bertz CT molecular complexity index is 508. The van der Waals surface area contributed by atoms with Crippen LogP contribution in [0.1, 0.15) is 57.7 Å². The van der Waals surface area contributed by atoms with Gasteiger partial charge in [0.1, 0.15) is 0 Å². The fraction of sp³-hybridized carbons (Fsp3) is 0.647. The zero-order valence-corrected chi connectivity index (χ0v) is 14.5. The van der Waals surface area contributed by atoms with Crippen molar-refractivity contribution in [2.24, 2.45) is 0 Å². The van der Waals surface area contributed by atoms with Gasteiger partial charge in [-0.25, -0.2) is 8.42 Å². The van der Waals surface area contributed by atoms with Gasteiger partial charge in [-0.1, -0.05) is 51.5 Å². The number of hydrogen-bond donors (Lipinski definition) is 1. The molecule has 120 valence electrons. The second-order valence-corrected chi connectivity index (χ2v) is 8.03. The molecule has 0 saturated heterocycles. The molecule has 0 aliphatic rings. The summed E-state index contributed by atoms with van der Waals surface area (Å²) in [6.07, 6.45) is 2.64. The summed E-state index contributed by atoms with van der Waals surface area (Å²) in [5.74, 6) is 0.277. The van der Waals surface area contributed by atoms with Crippen LogP contribution in [0.3, 0.4) is 0 Å². The molecule has 0 aliphatic heterocycles. The number of hydrogen-bond acceptors (Lipinski definition) is 3. The number of aryl methyl sites for hydroxylation is 1. The highest BCUT2D eigenvalue weighted by Crippen LogP contribution is 2.24. The van der Waals surface area contributed by atoms with E-state index in [2.05, 4.69) is 36.5 Å². The Morgan fingerprint density at radius 1 is 1.10 bits per heavy atom. The molecule has 4 heteroatoms. The Labute approximate surface area is 130 Å². The van der Waals surface area contributed by atoms with Crippen LogP contribution in [0.2, 0.25) is 0 Å². The van der Waals surface area contributed by atoms with Crippen molar-refractivity contribution in [1.29, 1.82) is 0 Å². The van der Waals surface area contributed by atoms with Crippen LogP contribution < -0.4 is 5.32 Å². The van der Waals surface area contributed by atoms with E-state index < -0.39 is 15.1 Å². The van der Waals surface area contributed by atoms with Gasteiger partial charge in [0.2, 0.25) is 0 Å². The quantitative estimate of drug-likeness (QED) is 0.759. The van der Waals surface area contributed by atoms with Crippen LogP contribution in [0.15, 0.2) is 24.3 Å². The maximum atomic E-state index is 12.5. The summed E-state index contributed by atoms with van der Waals surface area (Å²) in [6.45, 7) is 8.73. The molecular weight excluding hydrogens is 282 g/mol. The molecule has 0 aromatic heterocycles. The van der Waals surface area contributed by atoms with Gasteiger partial charge in [-0.15, -0.1) is 0 Å². The zero-order valence-electron chi connectivity index (χ0n) is 13.7. The Morgan fingerprint density at radius 3 is 2.19 bits per heavy atom. The Morgan fingerprint density at radius 2 is 1.71 bits per heavy atom. The van der Waals surface area contributed by atoms with Crippen molar-refractivity contribution in [2.45, 2.75) is 58.2 Å². The Kier molecular flexibility index (Phi) is 7.40. The van der Waals surface area contributed by atoms with Crippen molar-refractivity contribution in [3.05, 3.63) is 35.4 Å². The van der Waals surface area contributed by atoms with Crippen LogP contribution in [-0.4, -0.2) is 26.0 Å². The van der Waals surface area contributed by atoms with Crippen molar-refractivity contribution in [2.75, 3.05) is 12.3 Å². The SMILES string of the molecule is CCCCS(=O)(=O)C(C)C(NCC)c1ccc(CC)cc1. The van der Waals surface area contributed by atoms with Crippen molar-refractivity contribution < 1.29 is 8.42 Å². The summed E-state index contributed by atoms with van der Waals surface area (Å²) >= 11 is 0. The molecule has 21 heavy (non-hydrogen) atoms.